The van der Waals surface area contributed by atoms with Crippen molar-refractivity contribution in [1.29, 1.82) is 0 Å². The molecule has 1 saturated heterocycles. The highest BCUT2D eigenvalue weighted by molar-refractivity contribution is 14.0. The molecule has 0 spiro atoms. The fraction of sp³-hybridized carbons (Fsp3) is 0.571. The lowest BCUT2D eigenvalue weighted by Crippen LogP contribution is -2.34. The summed E-state index contributed by atoms with van der Waals surface area (Å²) in [6.45, 7) is 3.01. The van der Waals surface area contributed by atoms with Crippen LogP contribution in [-0.2, 0) is 6.54 Å². The molecule has 0 atom stereocenters. The summed E-state index contributed by atoms with van der Waals surface area (Å²) in [5, 5.41) is 6.27. The molecule has 6 heteroatoms. The van der Waals surface area contributed by atoms with Gasteiger partial charge in [0, 0.05) is 39.9 Å². The summed E-state index contributed by atoms with van der Waals surface area (Å²) in [4.78, 5) is 11.0. The highest BCUT2D eigenvalue weighted by atomic mass is 127. The van der Waals surface area contributed by atoms with Crippen molar-refractivity contribution < 1.29 is 0 Å². The van der Waals surface area contributed by atoms with Gasteiger partial charge in [-0.05, 0) is 37.0 Å². The van der Waals surface area contributed by atoms with Gasteiger partial charge in [0.2, 0.25) is 0 Å². The molecule has 0 saturated carbocycles. The lowest BCUT2D eigenvalue weighted by atomic mass is 10.1. The van der Waals surface area contributed by atoms with E-state index in [0.717, 1.165) is 31.4 Å². The molecule has 1 fully saturated rings. The second-order valence-corrected chi connectivity index (χ2v) is 4.75. The van der Waals surface area contributed by atoms with Gasteiger partial charge in [-0.15, -0.1) is 24.0 Å². The molecule has 0 aliphatic carbocycles. The zero-order chi connectivity index (χ0) is 13.5. The Balaban J connectivity index is 0.00000200. The van der Waals surface area contributed by atoms with Gasteiger partial charge >= 0.3 is 0 Å². The van der Waals surface area contributed by atoms with E-state index in [1.807, 2.05) is 19.3 Å². The van der Waals surface area contributed by atoms with Crippen LogP contribution >= 0.6 is 24.0 Å². The van der Waals surface area contributed by atoms with Crippen LogP contribution in [0.15, 0.2) is 23.3 Å². The van der Waals surface area contributed by atoms with Crippen molar-refractivity contribution in [3.63, 3.8) is 0 Å². The average Bonchev–Trinajstić information content (AvgIpc) is 2.49. The molecular formula is C14H24IN5. The van der Waals surface area contributed by atoms with Crippen molar-refractivity contribution in [2.45, 2.75) is 25.8 Å². The SMILES string of the molecule is CN=C(NC)NCc1ccnc(N2CCCCC2)c1.I. The van der Waals surface area contributed by atoms with Gasteiger partial charge in [0.1, 0.15) is 5.82 Å². The summed E-state index contributed by atoms with van der Waals surface area (Å²) < 4.78 is 0. The van der Waals surface area contributed by atoms with Crippen LogP contribution in [-0.4, -0.2) is 38.1 Å². The average molecular weight is 389 g/mol. The Morgan fingerprint density at radius 2 is 2.10 bits per heavy atom. The van der Waals surface area contributed by atoms with Crippen LogP contribution < -0.4 is 15.5 Å². The van der Waals surface area contributed by atoms with E-state index in [2.05, 4.69) is 31.6 Å². The predicted octanol–water partition coefficient (Wildman–Crippen LogP) is 1.98. The standard InChI is InChI=1S/C14H23N5.HI/c1-15-14(16-2)18-11-12-6-7-17-13(10-12)19-8-4-3-5-9-19;/h6-7,10H,3-5,8-9,11H2,1-2H3,(H2,15,16,18);1H. The molecule has 0 bridgehead atoms. The third-order valence-corrected chi connectivity index (χ3v) is 3.41. The van der Waals surface area contributed by atoms with Crippen molar-refractivity contribution in [2.75, 3.05) is 32.1 Å². The van der Waals surface area contributed by atoms with Gasteiger partial charge in [0.25, 0.3) is 0 Å². The van der Waals surface area contributed by atoms with Gasteiger partial charge in [-0.3, -0.25) is 4.99 Å². The van der Waals surface area contributed by atoms with Gasteiger partial charge in [-0.2, -0.15) is 0 Å². The van der Waals surface area contributed by atoms with E-state index in [1.165, 1.54) is 24.8 Å². The van der Waals surface area contributed by atoms with E-state index in [9.17, 15) is 0 Å². The fourth-order valence-electron chi connectivity index (χ4n) is 2.33. The quantitative estimate of drug-likeness (QED) is 0.472. The Hall–Kier alpha value is -1.05. The van der Waals surface area contributed by atoms with Gasteiger partial charge in [0.15, 0.2) is 5.96 Å². The molecule has 112 valence electrons. The van der Waals surface area contributed by atoms with E-state index in [1.54, 1.807) is 7.05 Å². The maximum absolute atomic E-state index is 4.48. The lowest BCUT2D eigenvalue weighted by molar-refractivity contribution is 0.573. The minimum absolute atomic E-state index is 0. The fourth-order valence-corrected chi connectivity index (χ4v) is 2.33. The molecule has 5 nitrogen and oxygen atoms in total. The van der Waals surface area contributed by atoms with Crippen molar-refractivity contribution in [3.05, 3.63) is 23.9 Å². The van der Waals surface area contributed by atoms with Crippen molar-refractivity contribution in [3.8, 4) is 0 Å². The molecule has 2 heterocycles. The minimum atomic E-state index is 0. The van der Waals surface area contributed by atoms with Crippen LogP contribution in [0.1, 0.15) is 24.8 Å². The number of pyridine rings is 1. The summed E-state index contributed by atoms with van der Waals surface area (Å²) in [6.07, 6.45) is 5.78. The van der Waals surface area contributed by atoms with E-state index < -0.39 is 0 Å². The van der Waals surface area contributed by atoms with Gasteiger partial charge < -0.3 is 15.5 Å². The van der Waals surface area contributed by atoms with Gasteiger partial charge in [0.05, 0.1) is 0 Å². The Morgan fingerprint density at radius 1 is 1.35 bits per heavy atom. The molecule has 2 N–H and O–H groups in total. The molecule has 1 aromatic heterocycles. The normalized spacial score (nSPS) is 15.5. The third kappa shape index (κ3) is 4.81. The zero-order valence-electron chi connectivity index (χ0n) is 12.2. The topological polar surface area (TPSA) is 52.6 Å². The number of nitrogens with one attached hydrogen (secondary N) is 2. The van der Waals surface area contributed by atoms with E-state index in [4.69, 9.17) is 0 Å². The molecule has 0 unspecified atom stereocenters. The molecule has 1 aliphatic rings. The molecule has 0 radical (unpaired) electrons. The Labute approximate surface area is 138 Å². The highest BCUT2D eigenvalue weighted by Gasteiger charge is 2.12. The number of hydrogen-bond acceptors (Lipinski definition) is 3. The number of anilines is 1. The van der Waals surface area contributed by atoms with Gasteiger partial charge in [-0.1, -0.05) is 0 Å². The summed E-state index contributed by atoms with van der Waals surface area (Å²) in [5.74, 6) is 1.90. The second kappa shape index (κ2) is 8.99. The number of halogens is 1. The smallest absolute Gasteiger partial charge is 0.190 e. The molecule has 2 rings (SSSR count). The van der Waals surface area contributed by atoms with Gasteiger partial charge in [-0.25, -0.2) is 4.98 Å². The number of aromatic nitrogens is 1. The first-order valence-electron chi connectivity index (χ1n) is 6.92. The number of rotatable bonds is 3. The molecule has 1 aliphatic heterocycles. The summed E-state index contributed by atoms with van der Waals surface area (Å²) >= 11 is 0. The predicted molar refractivity (Wildman–Crippen MR) is 95.0 cm³/mol. The third-order valence-electron chi connectivity index (χ3n) is 3.41. The number of hydrogen-bond donors (Lipinski definition) is 2. The Bertz CT molecular complexity index is 429. The number of aliphatic imine (C=N–C) groups is 1. The second-order valence-electron chi connectivity index (χ2n) is 4.75. The molecule has 0 amide bonds. The van der Waals surface area contributed by atoms with Crippen molar-refractivity contribution in [2.24, 2.45) is 4.99 Å². The summed E-state index contributed by atoms with van der Waals surface area (Å²) in [7, 11) is 3.63. The first kappa shape index (κ1) is 17.0. The summed E-state index contributed by atoms with van der Waals surface area (Å²) in [6, 6.07) is 4.21. The maximum atomic E-state index is 4.48. The molecule has 20 heavy (non-hydrogen) atoms. The van der Waals surface area contributed by atoms with E-state index >= 15 is 0 Å². The van der Waals surface area contributed by atoms with Crippen molar-refractivity contribution >= 4 is 35.8 Å². The zero-order valence-corrected chi connectivity index (χ0v) is 14.6. The maximum Gasteiger partial charge on any atom is 0.190 e. The van der Waals surface area contributed by atoms with E-state index in [-0.39, 0.29) is 24.0 Å². The Morgan fingerprint density at radius 3 is 2.75 bits per heavy atom. The first-order valence-corrected chi connectivity index (χ1v) is 6.92. The number of guanidine groups is 1. The number of piperidine rings is 1. The minimum Gasteiger partial charge on any atom is -0.359 e. The lowest BCUT2D eigenvalue weighted by Gasteiger charge is -2.28. The largest absolute Gasteiger partial charge is 0.359 e. The van der Waals surface area contributed by atoms with E-state index in [0.29, 0.717) is 0 Å². The number of nitrogens with zero attached hydrogens (tertiary/aromatic N) is 3. The van der Waals surface area contributed by atoms with Crippen molar-refractivity contribution in [1.82, 2.24) is 15.6 Å². The molecule has 1 aromatic rings. The van der Waals surface area contributed by atoms with Crippen LogP contribution in [0.4, 0.5) is 5.82 Å². The van der Waals surface area contributed by atoms with Crippen LogP contribution in [0.25, 0.3) is 0 Å². The van der Waals surface area contributed by atoms with Crippen LogP contribution in [0.5, 0.6) is 0 Å². The van der Waals surface area contributed by atoms with Crippen LogP contribution in [0.3, 0.4) is 0 Å². The highest BCUT2D eigenvalue weighted by Crippen LogP contribution is 2.18. The molecule has 0 aromatic carbocycles. The Kier molecular flexibility index (Phi) is 7.64. The first-order chi connectivity index (χ1) is 9.33. The monoisotopic (exact) mass is 389 g/mol. The molecular weight excluding hydrogens is 365 g/mol. The summed E-state index contributed by atoms with van der Waals surface area (Å²) in [5.41, 5.74) is 1.23. The van der Waals surface area contributed by atoms with Crippen LogP contribution in [0.2, 0.25) is 0 Å². The van der Waals surface area contributed by atoms with Crippen LogP contribution in [0, 0.1) is 0 Å².